The van der Waals surface area contributed by atoms with Gasteiger partial charge in [-0.3, -0.25) is 0 Å². The summed E-state index contributed by atoms with van der Waals surface area (Å²) in [6, 6.07) is 66.0. The van der Waals surface area contributed by atoms with Crippen LogP contribution in [0, 0.1) is 22.7 Å². The van der Waals surface area contributed by atoms with E-state index in [1.54, 1.807) is 0 Å². The van der Waals surface area contributed by atoms with Crippen molar-refractivity contribution in [2.45, 2.75) is 0 Å². The van der Waals surface area contributed by atoms with Crippen molar-refractivity contribution < 1.29 is 0 Å². The second kappa shape index (κ2) is 11.8. The van der Waals surface area contributed by atoms with Crippen LogP contribution in [0.15, 0.2) is 176 Å². The van der Waals surface area contributed by atoms with Gasteiger partial charge in [0.1, 0.15) is 0 Å². The number of para-hydroxylation sites is 4. The molecule has 11 aromatic rings. The Morgan fingerprint density at radius 1 is 0.364 bits per heavy atom. The Hall–Kier alpha value is -7.86. The van der Waals surface area contributed by atoms with E-state index in [0.29, 0.717) is 11.1 Å². The maximum Gasteiger partial charge on any atom is 0.0998 e. The van der Waals surface area contributed by atoms with Crippen molar-refractivity contribution in [2.24, 2.45) is 0 Å². The van der Waals surface area contributed by atoms with Gasteiger partial charge in [-0.1, -0.05) is 97.1 Å². The molecule has 0 fully saturated rings. The Kier molecular flexibility index (Phi) is 6.61. The number of nitriles is 2. The fourth-order valence-electron chi connectivity index (χ4n) is 8.79. The van der Waals surface area contributed by atoms with Crippen LogP contribution < -0.4 is 0 Å². The fourth-order valence-corrected chi connectivity index (χ4v) is 8.79. The van der Waals surface area contributed by atoms with Gasteiger partial charge in [0.05, 0.1) is 62.1 Å². The molecule has 55 heavy (non-hydrogen) atoms. The number of hydrogen-bond donors (Lipinski definition) is 0. The zero-order valence-corrected chi connectivity index (χ0v) is 29.5. The molecule has 254 valence electrons. The highest BCUT2D eigenvalue weighted by Crippen LogP contribution is 2.40. The summed E-state index contributed by atoms with van der Waals surface area (Å²) in [7, 11) is 0. The Balaban J connectivity index is 1.13. The van der Waals surface area contributed by atoms with Crippen LogP contribution in [0.2, 0.25) is 0 Å². The van der Waals surface area contributed by atoms with E-state index in [1.807, 2.05) is 42.5 Å². The molecule has 0 N–H and O–H groups in total. The van der Waals surface area contributed by atoms with Crippen LogP contribution in [-0.4, -0.2) is 13.7 Å². The zero-order chi connectivity index (χ0) is 36.6. The minimum absolute atomic E-state index is 0.568. The molecule has 0 spiro atoms. The van der Waals surface area contributed by atoms with Gasteiger partial charge in [0.25, 0.3) is 0 Å². The highest BCUT2D eigenvalue weighted by molar-refractivity contribution is 6.13. The monoisotopic (exact) mass is 699 g/mol. The largest absolute Gasteiger partial charge is 0.309 e. The first-order chi connectivity index (χ1) is 27.2. The third kappa shape index (κ3) is 4.45. The summed E-state index contributed by atoms with van der Waals surface area (Å²) < 4.78 is 6.93. The second-order valence-electron chi connectivity index (χ2n) is 14.0. The van der Waals surface area contributed by atoms with Gasteiger partial charge in [0.2, 0.25) is 0 Å². The lowest BCUT2D eigenvalue weighted by molar-refractivity contribution is 1.16. The normalized spacial score (nSPS) is 11.6. The number of hydrogen-bond acceptors (Lipinski definition) is 2. The lowest BCUT2D eigenvalue weighted by Crippen LogP contribution is -1.99. The maximum atomic E-state index is 10.1. The summed E-state index contributed by atoms with van der Waals surface area (Å²) >= 11 is 0. The Morgan fingerprint density at radius 2 is 0.909 bits per heavy atom. The molecule has 0 unspecified atom stereocenters. The van der Waals surface area contributed by atoms with E-state index in [9.17, 15) is 10.5 Å². The molecule has 0 atom stereocenters. The van der Waals surface area contributed by atoms with Crippen molar-refractivity contribution in [1.82, 2.24) is 13.7 Å². The van der Waals surface area contributed by atoms with Crippen LogP contribution in [0.4, 0.5) is 0 Å². The molecule has 0 radical (unpaired) electrons. The van der Waals surface area contributed by atoms with Crippen molar-refractivity contribution in [3.05, 3.63) is 187 Å². The van der Waals surface area contributed by atoms with Crippen molar-refractivity contribution >= 4 is 65.4 Å². The summed E-state index contributed by atoms with van der Waals surface area (Å²) in [5, 5.41) is 26.9. The van der Waals surface area contributed by atoms with E-state index < -0.39 is 0 Å². The van der Waals surface area contributed by atoms with Gasteiger partial charge < -0.3 is 13.7 Å². The molecule has 5 heteroatoms. The van der Waals surface area contributed by atoms with E-state index in [-0.39, 0.29) is 0 Å². The van der Waals surface area contributed by atoms with Gasteiger partial charge in [-0.15, -0.1) is 0 Å². The Labute approximate surface area is 316 Å². The molecule has 0 saturated heterocycles. The van der Waals surface area contributed by atoms with Gasteiger partial charge in [-0.05, 0) is 84.4 Å². The molecule has 0 amide bonds. The first kappa shape index (κ1) is 30.7. The van der Waals surface area contributed by atoms with Gasteiger partial charge >= 0.3 is 0 Å². The minimum Gasteiger partial charge on any atom is -0.309 e. The van der Waals surface area contributed by atoms with Crippen LogP contribution in [0.25, 0.3) is 93.6 Å². The van der Waals surface area contributed by atoms with Gasteiger partial charge in [0, 0.05) is 49.3 Å². The van der Waals surface area contributed by atoms with Crippen molar-refractivity contribution in [2.75, 3.05) is 0 Å². The summed E-state index contributed by atoms with van der Waals surface area (Å²) in [5.74, 6) is 0. The molecular formula is C50H29N5. The van der Waals surface area contributed by atoms with E-state index in [0.717, 1.165) is 61.0 Å². The lowest BCUT2D eigenvalue weighted by atomic mass is 10.0. The van der Waals surface area contributed by atoms with Gasteiger partial charge in [-0.25, -0.2) is 0 Å². The number of rotatable bonds is 4. The smallest absolute Gasteiger partial charge is 0.0998 e. The summed E-state index contributed by atoms with van der Waals surface area (Å²) in [6.07, 6.45) is 0. The summed E-state index contributed by atoms with van der Waals surface area (Å²) in [4.78, 5) is 0. The summed E-state index contributed by atoms with van der Waals surface area (Å²) in [5.41, 5.74) is 12.8. The highest BCUT2D eigenvalue weighted by atomic mass is 15.0. The van der Waals surface area contributed by atoms with E-state index in [4.69, 9.17) is 0 Å². The molecule has 5 nitrogen and oxygen atoms in total. The highest BCUT2D eigenvalue weighted by Gasteiger charge is 2.20. The van der Waals surface area contributed by atoms with Gasteiger partial charge in [-0.2, -0.15) is 10.5 Å². The fraction of sp³-hybridized carbons (Fsp3) is 0. The summed E-state index contributed by atoms with van der Waals surface area (Å²) in [6.45, 7) is 0. The molecule has 0 bridgehead atoms. The molecule has 3 heterocycles. The predicted octanol–water partition coefficient (Wildman–Crippen LogP) is 12.4. The first-order valence-electron chi connectivity index (χ1n) is 18.3. The minimum atomic E-state index is 0.568. The third-order valence-corrected chi connectivity index (χ3v) is 11.1. The quantitative estimate of drug-likeness (QED) is 0.184. The van der Waals surface area contributed by atoms with E-state index in [1.165, 1.54) is 32.6 Å². The lowest BCUT2D eigenvalue weighted by Gasteiger charge is -2.16. The van der Waals surface area contributed by atoms with E-state index in [2.05, 4.69) is 159 Å². The standard InChI is InChI=1S/C50H29N5/c51-30-32-23-25-37(49(27-32)55-46-21-8-4-17-41(46)50-34(31-52)12-10-22-48(50)55)33-11-9-13-35(28-33)53-45-20-7-3-16-40(45)42-29-36(24-26-47(42)53)54-43-18-5-1-14-38(43)39-15-2-6-19-44(39)54/h1-29H. The molecular weight excluding hydrogens is 671 g/mol. The third-order valence-electron chi connectivity index (χ3n) is 11.1. The zero-order valence-electron chi connectivity index (χ0n) is 29.5. The number of fused-ring (bicyclic) bond motifs is 9. The Bertz CT molecular complexity index is 3420. The molecule has 0 saturated carbocycles. The SMILES string of the molecule is N#Cc1ccc(-c2cccc(-n3c4ccccc4c4cc(-n5c6ccccc6c6ccccc65)ccc43)c2)c(-n2c3ccccc3c3c(C#N)cccc32)c1. The average molecular weight is 700 g/mol. The molecule has 8 aromatic carbocycles. The van der Waals surface area contributed by atoms with Crippen LogP contribution in [0.5, 0.6) is 0 Å². The number of benzene rings is 8. The molecule has 0 aliphatic carbocycles. The second-order valence-corrected chi connectivity index (χ2v) is 14.0. The van der Waals surface area contributed by atoms with Crippen LogP contribution in [0.1, 0.15) is 11.1 Å². The predicted molar refractivity (Wildman–Crippen MR) is 224 cm³/mol. The topological polar surface area (TPSA) is 62.4 Å². The number of aromatic nitrogens is 3. The van der Waals surface area contributed by atoms with Crippen molar-refractivity contribution in [3.8, 4) is 40.3 Å². The number of nitrogens with zero attached hydrogens (tertiary/aromatic N) is 5. The van der Waals surface area contributed by atoms with Crippen LogP contribution in [-0.2, 0) is 0 Å². The van der Waals surface area contributed by atoms with Crippen molar-refractivity contribution in [3.63, 3.8) is 0 Å². The maximum absolute atomic E-state index is 10.1. The first-order valence-corrected chi connectivity index (χ1v) is 18.3. The molecule has 0 aliphatic rings. The van der Waals surface area contributed by atoms with Crippen LogP contribution in [0.3, 0.4) is 0 Å². The Morgan fingerprint density at radius 3 is 1.56 bits per heavy atom. The van der Waals surface area contributed by atoms with Crippen molar-refractivity contribution in [1.29, 1.82) is 10.5 Å². The molecule has 3 aromatic heterocycles. The average Bonchev–Trinajstić information content (AvgIpc) is 3.89. The van der Waals surface area contributed by atoms with E-state index >= 15 is 0 Å². The molecule has 11 rings (SSSR count). The van der Waals surface area contributed by atoms with Crippen LogP contribution >= 0.6 is 0 Å². The van der Waals surface area contributed by atoms with Gasteiger partial charge in [0.15, 0.2) is 0 Å². The molecule has 0 aliphatic heterocycles.